The van der Waals surface area contributed by atoms with Crippen LogP contribution >= 0.6 is 0 Å². The van der Waals surface area contributed by atoms with Crippen LogP contribution in [-0.2, 0) is 0 Å². The summed E-state index contributed by atoms with van der Waals surface area (Å²) in [5, 5.41) is 3.20. The van der Waals surface area contributed by atoms with Crippen molar-refractivity contribution >= 4 is 0 Å². The Balaban J connectivity index is 2.65. The highest BCUT2D eigenvalue weighted by Gasteiger charge is 2.09. The molecule has 17 heavy (non-hydrogen) atoms. The van der Waals surface area contributed by atoms with E-state index in [9.17, 15) is 8.78 Å². The number of rotatable bonds is 7. The van der Waals surface area contributed by atoms with E-state index in [-0.39, 0.29) is 24.8 Å². The molecule has 1 N–H and O–H groups in total. The van der Waals surface area contributed by atoms with Gasteiger partial charge >= 0.3 is 0 Å². The van der Waals surface area contributed by atoms with Gasteiger partial charge < -0.3 is 10.1 Å². The van der Waals surface area contributed by atoms with Gasteiger partial charge in [-0.15, -0.1) is 0 Å². The monoisotopic (exact) mass is 243 g/mol. The van der Waals surface area contributed by atoms with E-state index >= 15 is 0 Å². The maximum Gasteiger partial charge on any atom is 0.165 e. The summed E-state index contributed by atoms with van der Waals surface area (Å²) >= 11 is 0. The highest BCUT2D eigenvalue weighted by Crippen LogP contribution is 2.22. The first-order valence-electron chi connectivity index (χ1n) is 5.90. The molecule has 1 unspecified atom stereocenters. The molecular weight excluding hydrogens is 224 g/mol. The van der Waals surface area contributed by atoms with Gasteiger partial charge in [0.25, 0.3) is 0 Å². The molecule has 0 amide bonds. The summed E-state index contributed by atoms with van der Waals surface area (Å²) in [6.07, 6.45) is 0.287. The number of hydrogen-bond donors (Lipinski definition) is 1. The minimum atomic E-state index is -0.447. The summed E-state index contributed by atoms with van der Waals surface area (Å²) in [5.74, 6) is -0.211. The Bertz CT molecular complexity index is 344. The van der Waals surface area contributed by atoms with E-state index < -0.39 is 12.5 Å². The van der Waals surface area contributed by atoms with E-state index in [0.29, 0.717) is 0 Å². The maximum absolute atomic E-state index is 13.6. The van der Waals surface area contributed by atoms with E-state index in [1.165, 1.54) is 6.07 Å². The van der Waals surface area contributed by atoms with Gasteiger partial charge in [-0.2, -0.15) is 0 Å². The molecule has 1 atom stereocenters. The summed E-state index contributed by atoms with van der Waals surface area (Å²) in [6, 6.07) is 4.98. The molecule has 0 aromatic heterocycles. The molecule has 0 saturated carbocycles. The zero-order chi connectivity index (χ0) is 12.7. The maximum atomic E-state index is 13.6. The summed E-state index contributed by atoms with van der Waals surface area (Å²) < 4.78 is 30.6. The summed E-state index contributed by atoms with van der Waals surface area (Å²) in [6.45, 7) is 4.56. The predicted octanol–water partition coefficient (Wildman–Crippen LogP) is 3.23. The van der Waals surface area contributed by atoms with Crippen LogP contribution in [0.3, 0.4) is 0 Å². The zero-order valence-electron chi connectivity index (χ0n) is 10.3. The Morgan fingerprint density at radius 3 is 2.76 bits per heavy atom. The van der Waals surface area contributed by atoms with Crippen LogP contribution in [0.15, 0.2) is 18.2 Å². The second-order valence-corrected chi connectivity index (χ2v) is 3.86. The molecular formula is C13H19F2NO. The summed E-state index contributed by atoms with van der Waals surface area (Å²) in [4.78, 5) is 0. The van der Waals surface area contributed by atoms with Crippen LogP contribution in [0.25, 0.3) is 0 Å². The number of benzene rings is 1. The Labute approximate surface area is 101 Å². The van der Waals surface area contributed by atoms with Gasteiger partial charge in [-0.1, -0.05) is 13.0 Å². The SMILES string of the molecule is CCNC(C)c1ccc(OCCCF)c(F)c1. The van der Waals surface area contributed by atoms with Crippen molar-refractivity contribution in [1.82, 2.24) is 5.32 Å². The fraction of sp³-hybridized carbons (Fsp3) is 0.538. The highest BCUT2D eigenvalue weighted by atomic mass is 19.1. The summed E-state index contributed by atoms with van der Waals surface area (Å²) in [7, 11) is 0. The van der Waals surface area contributed by atoms with Crippen LogP contribution in [0.2, 0.25) is 0 Å². The molecule has 0 radical (unpaired) electrons. The van der Waals surface area contributed by atoms with Crippen LogP contribution in [0.4, 0.5) is 8.78 Å². The minimum Gasteiger partial charge on any atom is -0.490 e. The molecule has 0 spiro atoms. The normalized spacial score (nSPS) is 12.5. The third kappa shape index (κ3) is 4.30. The Morgan fingerprint density at radius 1 is 1.41 bits per heavy atom. The van der Waals surface area contributed by atoms with Crippen molar-refractivity contribution in [3.63, 3.8) is 0 Å². The number of nitrogens with one attached hydrogen (secondary N) is 1. The highest BCUT2D eigenvalue weighted by molar-refractivity contribution is 5.30. The first-order valence-corrected chi connectivity index (χ1v) is 5.90. The van der Waals surface area contributed by atoms with Gasteiger partial charge in [0.05, 0.1) is 13.3 Å². The van der Waals surface area contributed by atoms with Gasteiger partial charge in [-0.25, -0.2) is 4.39 Å². The number of ether oxygens (including phenoxy) is 1. The van der Waals surface area contributed by atoms with Gasteiger partial charge in [-0.05, 0) is 31.2 Å². The van der Waals surface area contributed by atoms with E-state index in [1.54, 1.807) is 6.07 Å². The van der Waals surface area contributed by atoms with Crippen molar-refractivity contribution < 1.29 is 13.5 Å². The van der Waals surface area contributed by atoms with E-state index in [0.717, 1.165) is 12.1 Å². The smallest absolute Gasteiger partial charge is 0.165 e. The van der Waals surface area contributed by atoms with Gasteiger partial charge in [-0.3, -0.25) is 4.39 Å². The fourth-order valence-corrected chi connectivity index (χ4v) is 1.56. The standard InChI is InChI=1S/C13H19F2NO/c1-3-16-10(2)11-5-6-13(12(15)9-11)17-8-4-7-14/h5-6,9-10,16H,3-4,7-8H2,1-2H3. The number of alkyl halides is 1. The second kappa shape index (κ2) is 7.22. The van der Waals surface area contributed by atoms with Crippen molar-refractivity contribution in [2.24, 2.45) is 0 Å². The molecule has 4 heteroatoms. The van der Waals surface area contributed by atoms with Crippen LogP contribution in [0.5, 0.6) is 5.75 Å². The van der Waals surface area contributed by atoms with Crippen LogP contribution in [0.1, 0.15) is 31.9 Å². The Morgan fingerprint density at radius 2 is 2.18 bits per heavy atom. The quantitative estimate of drug-likeness (QED) is 0.742. The Kier molecular flexibility index (Phi) is 5.91. The van der Waals surface area contributed by atoms with E-state index in [4.69, 9.17) is 4.74 Å². The molecule has 2 nitrogen and oxygen atoms in total. The van der Waals surface area contributed by atoms with Crippen molar-refractivity contribution in [3.05, 3.63) is 29.6 Å². The molecule has 0 heterocycles. The average Bonchev–Trinajstić information content (AvgIpc) is 2.31. The average molecular weight is 243 g/mol. The predicted molar refractivity (Wildman–Crippen MR) is 64.6 cm³/mol. The molecule has 0 aliphatic carbocycles. The molecule has 0 bridgehead atoms. The molecule has 1 rings (SSSR count). The number of halogens is 2. The van der Waals surface area contributed by atoms with Crippen molar-refractivity contribution in [1.29, 1.82) is 0 Å². The molecule has 0 aliphatic heterocycles. The van der Waals surface area contributed by atoms with Crippen molar-refractivity contribution in [3.8, 4) is 5.75 Å². The van der Waals surface area contributed by atoms with E-state index in [2.05, 4.69) is 5.32 Å². The van der Waals surface area contributed by atoms with Gasteiger partial charge in [0.15, 0.2) is 11.6 Å². The lowest BCUT2D eigenvalue weighted by atomic mass is 10.1. The third-order valence-corrected chi connectivity index (χ3v) is 2.50. The molecule has 0 saturated heterocycles. The Hall–Kier alpha value is -1.16. The van der Waals surface area contributed by atoms with Crippen molar-refractivity contribution in [2.75, 3.05) is 19.8 Å². The molecule has 96 valence electrons. The number of hydrogen-bond acceptors (Lipinski definition) is 2. The van der Waals surface area contributed by atoms with Gasteiger partial charge in [0, 0.05) is 12.5 Å². The van der Waals surface area contributed by atoms with Crippen LogP contribution in [0, 0.1) is 5.82 Å². The molecule has 1 aromatic carbocycles. The lowest BCUT2D eigenvalue weighted by molar-refractivity contribution is 0.277. The largest absolute Gasteiger partial charge is 0.490 e. The topological polar surface area (TPSA) is 21.3 Å². The lowest BCUT2D eigenvalue weighted by Gasteiger charge is -2.14. The molecule has 0 fully saturated rings. The van der Waals surface area contributed by atoms with Crippen molar-refractivity contribution in [2.45, 2.75) is 26.3 Å². The van der Waals surface area contributed by atoms with Gasteiger partial charge in [0.2, 0.25) is 0 Å². The molecule has 0 aliphatic rings. The zero-order valence-corrected chi connectivity index (χ0v) is 10.3. The first-order chi connectivity index (χ1) is 8.19. The molecule has 1 aromatic rings. The van der Waals surface area contributed by atoms with Gasteiger partial charge in [0.1, 0.15) is 0 Å². The fourth-order valence-electron chi connectivity index (χ4n) is 1.56. The van der Waals surface area contributed by atoms with E-state index in [1.807, 2.05) is 19.9 Å². The minimum absolute atomic E-state index is 0.106. The summed E-state index contributed by atoms with van der Waals surface area (Å²) in [5.41, 5.74) is 0.877. The third-order valence-electron chi connectivity index (χ3n) is 2.50. The van der Waals surface area contributed by atoms with Crippen LogP contribution in [-0.4, -0.2) is 19.8 Å². The second-order valence-electron chi connectivity index (χ2n) is 3.86. The first kappa shape index (κ1) is 13.9. The van der Waals surface area contributed by atoms with Crippen LogP contribution < -0.4 is 10.1 Å². The lowest BCUT2D eigenvalue weighted by Crippen LogP contribution is -2.17.